The van der Waals surface area contributed by atoms with Crippen molar-refractivity contribution in [2.75, 3.05) is 10.6 Å². The van der Waals surface area contributed by atoms with Gasteiger partial charge in [-0.05, 0) is 71.8 Å². The van der Waals surface area contributed by atoms with E-state index in [1.807, 2.05) is 121 Å². The van der Waals surface area contributed by atoms with Crippen LogP contribution in [-0.2, 0) is 0 Å². The number of nitrogens with zero attached hydrogens (tertiary/aromatic N) is 2. The molecule has 2 amide bonds. The van der Waals surface area contributed by atoms with Crippen LogP contribution in [0.15, 0.2) is 158 Å². The molecule has 2 heterocycles. The number of fused-ring (bicyclic) bond motifs is 2. The molecule has 6 aromatic carbocycles. The standard InChI is InChI=1S/C44H28Cl2N4O2/c45-35-15-7-9-17-39(35)49-43(51)33-25-41(27-11-3-1-4-12-27)47-37-21-19-29(23-31(33)37)30-20-22-38-32(24-30)34(26-42(48-38)28-13-5-2-6-14-28)44(52)50-40-18-10-8-16-36(40)46/h1-26H,(H,49,51)(H,50,52). The lowest BCUT2D eigenvalue weighted by Gasteiger charge is -2.14. The van der Waals surface area contributed by atoms with Crippen LogP contribution in [0.4, 0.5) is 11.4 Å². The van der Waals surface area contributed by atoms with Gasteiger partial charge in [0.1, 0.15) is 0 Å². The van der Waals surface area contributed by atoms with Crippen molar-refractivity contribution in [2.24, 2.45) is 0 Å². The zero-order chi connectivity index (χ0) is 35.6. The number of halogens is 2. The third-order valence-corrected chi connectivity index (χ3v) is 9.48. The summed E-state index contributed by atoms with van der Waals surface area (Å²) in [5.41, 5.74) is 8.01. The predicted molar refractivity (Wildman–Crippen MR) is 212 cm³/mol. The lowest BCUT2D eigenvalue weighted by molar-refractivity contribution is 0.102. The number of benzene rings is 6. The Hall–Kier alpha value is -6.34. The van der Waals surface area contributed by atoms with Gasteiger partial charge in [0.2, 0.25) is 0 Å². The molecule has 0 aliphatic heterocycles. The van der Waals surface area contributed by atoms with Gasteiger partial charge < -0.3 is 10.6 Å². The average Bonchev–Trinajstić information content (AvgIpc) is 3.19. The number of carbonyl (C=O) groups is 2. The third-order valence-electron chi connectivity index (χ3n) is 8.82. The maximum absolute atomic E-state index is 14.0. The van der Waals surface area contributed by atoms with Crippen LogP contribution in [0.25, 0.3) is 55.4 Å². The van der Waals surface area contributed by atoms with E-state index >= 15 is 0 Å². The van der Waals surface area contributed by atoms with Gasteiger partial charge >= 0.3 is 0 Å². The van der Waals surface area contributed by atoms with Crippen LogP contribution in [0.3, 0.4) is 0 Å². The first-order valence-electron chi connectivity index (χ1n) is 16.5. The lowest BCUT2D eigenvalue weighted by atomic mass is 9.96. The Balaban J connectivity index is 1.26. The van der Waals surface area contributed by atoms with E-state index in [4.69, 9.17) is 33.2 Å². The summed E-state index contributed by atoms with van der Waals surface area (Å²) < 4.78 is 0. The van der Waals surface area contributed by atoms with Crippen molar-refractivity contribution < 1.29 is 9.59 Å². The van der Waals surface area contributed by atoms with Gasteiger partial charge in [0.25, 0.3) is 11.8 Å². The highest BCUT2D eigenvalue weighted by Gasteiger charge is 2.19. The van der Waals surface area contributed by atoms with Crippen molar-refractivity contribution >= 4 is 68.2 Å². The fourth-order valence-electron chi connectivity index (χ4n) is 6.20. The molecule has 0 bridgehead atoms. The average molecular weight is 716 g/mol. The zero-order valence-electron chi connectivity index (χ0n) is 27.5. The topological polar surface area (TPSA) is 84.0 Å². The zero-order valence-corrected chi connectivity index (χ0v) is 29.0. The molecule has 8 heteroatoms. The first kappa shape index (κ1) is 32.8. The number of hydrogen-bond acceptors (Lipinski definition) is 4. The highest BCUT2D eigenvalue weighted by Crippen LogP contribution is 2.34. The summed E-state index contributed by atoms with van der Waals surface area (Å²) >= 11 is 12.8. The van der Waals surface area contributed by atoms with E-state index in [0.717, 1.165) is 22.3 Å². The molecule has 0 atom stereocenters. The van der Waals surface area contributed by atoms with Crippen molar-refractivity contribution in [1.29, 1.82) is 0 Å². The number of hydrogen-bond donors (Lipinski definition) is 2. The number of para-hydroxylation sites is 2. The minimum atomic E-state index is -0.315. The van der Waals surface area contributed by atoms with Crippen LogP contribution >= 0.6 is 23.2 Å². The molecule has 0 aliphatic rings. The number of amides is 2. The smallest absolute Gasteiger partial charge is 0.256 e. The van der Waals surface area contributed by atoms with Crippen molar-refractivity contribution in [3.8, 4) is 33.6 Å². The summed E-state index contributed by atoms with van der Waals surface area (Å²) in [4.78, 5) is 37.8. The van der Waals surface area contributed by atoms with Crippen molar-refractivity contribution in [2.45, 2.75) is 0 Å². The van der Waals surface area contributed by atoms with E-state index in [1.165, 1.54) is 0 Å². The molecule has 250 valence electrons. The maximum Gasteiger partial charge on any atom is 0.256 e. The third kappa shape index (κ3) is 6.61. The minimum absolute atomic E-state index is 0.315. The molecule has 0 saturated heterocycles. The number of anilines is 2. The number of pyridine rings is 2. The Morgan fingerprint density at radius 3 is 1.21 bits per heavy atom. The summed E-state index contributed by atoms with van der Waals surface area (Å²) in [5.74, 6) is -0.631. The molecule has 0 fully saturated rings. The Kier molecular flexibility index (Phi) is 8.91. The monoisotopic (exact) mass is 714 g/mol. The van der Waals surface area contributed by atoms with Crippen LogP contribution < -0.4 is 10.6 Å². The summed E-state index contributed by atoms with van der Waals surface area (Å²) in [6.45, 7) is 0. The molecule has 0 unspecified atom stereocenters. The van der Waals surface area contributed by atoms with Gasteiger partial charge in [-0.1, -0.05) is 120 Å². The molecule has 0 aliphatic carbocycles. The molecular weight excluding hydrogens is 687 g/mol. The second kappa shape index (κ2) is 14.1. The van der Waals surface area contributed by atoms with Gasteiger partial charge in [-0.25, -0.2) is 9.97 Å². The molecule has 6 nitrogen and oxygen atoms in total. The largest absolute Gasteiger partial charge is 0.321 e. The maximum atomic E-state index is 14.0. The first-order valence-corrected chi connectivity index (χ1v) is 17.3. The molecule has 52 heavy (non-hydrogen) atoms. The minimum Gasteiger partial charge on any atom is -0.321 e. The summed E-state index contributed by atoms with van der Waals surface area (Å²) in [7, 11) is 0. The van der Waals surface area contributed by atoms with Gasteiger partial charge in [-0.15, -0.1) is 0 Å². The van der Waals surface area contributed by atoms with Gasteiger partial charge in [0.15, 0.2) is 0 Å². The predicted octanol–water partition coefficient (Wildman–Crippen LogP) is 11.6. The Morgan fingerprint density at radius 1 is 0.423 bits per heavy atom. The molecule has 0 spiro atoms. The number of carbonyl (C=O) groups excluding carboxylic acids is 2. The normalized spacial score (nSPS) is 11.0. The second-order valence-electron chi connectivity index (χ2n) is 12.2. The van der Waals surface area contributed by atoms with E-state index < -0.39 is 0 Å². The van der Waals surface area contributed by atoms with Crippen LogP contribution in [0.2, 0.25) is 10.0 Å². The second-order valence-corrected chi connectivity index (χ2v) is 13.0. The fourth-order valence-corrected chi connectivity index (χ4v) is 6.57. The lowest BCUT2D eigenvalue weighted by Crippen LogP contribution is -2.13. The fraction of sp³-hybridized carbons (Fsp3) is 0. The molecule has 8 rings (SSSR count). The van der Waals surface area contributed by atoms with Gasteiger partial charge in [0, 0.05) is 21.9 Å². The highest BCUT2D eigenvalue weighted by molar-refractivity contribution is 6.34. The van der Waals surface area contributed by atoms with Gasteiger partial charge in [0.05, 0.1) is 55.0 Å². The SMILES string of the molecule is O=C(Nc1ccccc1Cl)c1cc(-c2ccccc2)nc2ccc(-c3ccc4nc(-c5ccccc5)cc(C(=O)Nc5ccccc5Cl)c4c3)cc12. The molecule has 2 N–H and O–H groups in total. The molecule has 0 saturated carbocycles. The van der Waals surface area contributed by atoms with Crippen LogP contribution in [0.5, 0.6) is 0 Å². The summed E-state index contributed by atoms with van der Waals surface area (Å²) in [5, 5.41) is 8.17. The van der Waals surface area contributed by atoms with Crippen LogP contribution in [0, 0.1) is 0 Å². The van der Waals surface area contributed by atoms with Crippen molar-refractivity contribution in [3.63, 3.8) is 0 Å². The first-order chi connectivity index (χ1) is 25.4. The molecular formula is C44H28Cl2N4O2. The Bertz CT molecular complexity index is 2460. The Labute approximate surface area is 309 Å². The molecule has 0 radical (unpaired) electrons. The highest BCUT2D eigenvalue weighted by atomic mass is 35.5. The van der Waals surface area contributed by atoms with Crippen LogP contribution in [0.1, 0.15) is 20.7 Å². The van der Waals surface area contributed by atoms with Crippen LogP contribution in [-0.4, -0.2) is 21.8 Å². The van der Waals surface area contributed by atoms with E-state index in [0.29, 0.717) is 65.7 Å². The number of rotatable bonds is 7. The van der Waals surface area contributed by atoms with Gasteiger partial charge in [-0.3, -0.25) is 9.59 Å². The summed E-state index contributed by atoms with van der Waals surface area (Å²) in [6, 6.07) is 49.0. The summed E-state index contributed by atoms with van der Waals surface area (Å²) in [6.07, 6.45) is 0. The van der Waals surface area contributed by atoms with E-state index in [2.05, 4.69) is 10.6 Å². The molecule has 2 aromatic heterocycles. The van der Waals surface area contributed by atoms with Crippen molar-refractivity contribution in [1.82, 2.24) is 9.97 Å². The van der Waals surface area contributed by atoms with E-state index in [9.17, 15) is 9.59 Å². The number of aromatic nitrogens is 2. The quantitative estimate of drug-likeness (QED) is 0.172. The van der Waals surface area contributed by atoms with Gasteiger partial charge in [-0.2, -0.15) is 0 Å². The number of nitrogens with one attached hydrogen (secondary N) is 2. The molecule has 8 aromatic rings. The van der Waals surface area contributed by atoms with E-state index in [-0.39, 0.29) is 11.8 Å². The Morgan fingerprint density at radius 2 is 0.808 bits per heavy atom. The van der Waals surface area contributed by atoms with E-state index in [1.54, 1.807) is 36.4 Å². The van der Waals surface area contributed by atoms with Crippen molar-refractivity contribution in [3.05, 3.63) is 179 Å².